The largest absolute Gasteiger partial charge is 0.462 e. The number of benzene rings is 1. The van der Waals surface area contributed by atoms with Crippen LogP contribution in [0.2, 0.25) is 0 Å². The summed E-state index contributed by atoms with van der Waals surface area (Å²) in [6.07, 6.45) is 0. The second-order valence-corrected chi connectivity index (χ2v) is 3.36. The zero-order chi connectivity index (χ0) is 11.4. The fraction of sp³-hybridized carbons (Fsp3) is 0.364. The Morgan fingerprint density at radius 1 is 1.53 bits per heavy atom. The zero-order valence-electron chi connectivity index (χ0n) is 8.64. The topological polar surface area (TPSA) is 26.3 Å². The van der Waals surface area contributed by atoms with Gasteiger partial charge in [-0.1, -0.05) is 0 Å². The van der Waals surface area contributed by atoms with Gasteiger partial charge in [-0.05, 0) is 37.1 Å². The van der Waals surface area contributed by atoms with E-state index in [9.17, 15) is 9.18 Å². The molecule has 15 heavy (non-hydrogen) atoms. The van der Waals surface area contributed by atoms with E-state index >= 15 is 0 Å². The van der Waals surface area contributed by atoms with Gasteiger partial charge in [0.2, 0.25) is 0 Å². The van der Waals surface area contributed by atoms with Crippen LogP contribution >= 0.6 is 11.6 Å². The molecule has 1 rings (SSSR count). The van der Waals surface area contributed by atoms with Gasteiger partial charge < -0.3 is 4.74 Å². The van der Waals surface area contributed by atoms with Crippen molar-refractivity contribution in [1.29, 1.82) is 0 Å². The minimum atomic E-state index is -0.525. The van der Waals surface area contributed by atoms with Gasteiger partial charge in [-0.25, -0.2) is 9.18 Å². The van der Waals surface area contributed by atoms with Gasteiger partial charge in [-0.15, -0.1) is 11.6 Å². The Hall–Kier alpha value is -1.09. The highest BCUT2D eigenvalue weighted by molar-refractivity contribution is 6.17. The number of rotatable bonds is 3. The minimum absolute atomic E-state index is 0.177. The lowest BCUT2D eigenvalue weighted by atomic mass is 10.1. The Morgan fingerprint density at radius 3 is 2.73 bits per heavy atom. The first-order valence-corrected chi connectivity index (χ1v) is 5.15. The van der Waals surface area contributed by atoms with Crippen molar-refractivity contribution in [2.24, 2.45) is 0 Å². The van der Waals surface area contributed by atoms with Gasteiger partial charge in [-0.2, -0.15) is 0 Å². The molecule has 0 bridgehead atoms. The van der Waals surface area contributed by atoms with Gasteiger partial charge in [0, 0.05) is 5.88 Å². The average molecular weight is 231 g/mol. The molecule has 0 heterocycles. The number of hydrogen-bond acceptors (Lipinski definition) is 2. The van der Waals surface area contributed by atoms with E-state index in [0.717, 1.165) is 0 Å². The number of hydrogen-bond donors (Lipinski definition) is 0. The van der Waals surface area contributed by atoms with Gasteiger partial charge in [0.1, 0.15) is 5.82 Å². The lowest BCUT2D eigenvalue weighted by Crippen LogP contribution is -2.06. The molecule has 0 aliphatic rings. The van der Waals surface area contributed by atoms with E-state index in [-0.39, 0.29) is 18.1 Å². The molecule has 2 nitrogen and oxygen atoms in total. The quantitative estimate of drug-likeness (QED) is 0.589. The van der Waals surface area contributed by atoms with Gasteiger partial charge in [0.25, 0.3) is 0 Å². The summed E-state index contributed by atoms with van der Waals surface area (Å²) >= 11 is 5.64. The Morgan fingerprint density at radius 2 is 2.20 bits per heavy atom. The highest BCUT2D eigenvalue weighted by atomic mass is 35.5. The van der Waals surface area contributed by atoms with Crippen LogP contribution in [0.4, 0.5) is 4.39 Å². The smallest absolute Gasteiger partial charge is 0.338 e. The molecule has 82 valence electrons. The van der Waals surface area contributed by atoms with Crippen LogP contribution in [0.5, 0.6) is 0 Å². The van der Waals surface area contributed by atoms with Crippen LogP contribution in [-0.2, 0) is 10.6 Å². The van der Waals surface area contributed by atoms with Crippen LogP contribution in [0.3, 0.4) is 0 Å². The maximum Gasteiger partial charge on any atom is 0.338 e. The van der Waals surface area contributed by atoms with Crippen molar-refractivity contribution in [3.8, 4) is 0 Å². The first kappa shape index (κ1) is 12.0. The summed E-state index contributed by atoms with van der Waals surface area (Å²) in [4.78, 5) is 11.3. The number of halogens is 2. The summed E-state index contributed by atoms with van der Waals surface area (Å²) in [6, 6.07) is 2.73. The number of esters is 1. The van der Waals surface area contributed by atoms with Crippen LogP contribution in [0.1, 0.15) is 28.4 Å². The van der Waals surface area contributed by atoms with Crippen molar-refractivity contribution in [1.82, 2.24) is 0 Å². The number of carbonyl (C=O) groups excluding carboxylic acids is 1. The van der Waals surface area contributed by atoms with Gasteiger partial charge in [0.15, 0.2) is 0 Å². The molecule has 1 aromatic rings. The Balaban J connectivity index is 3.10. The molecule has 0 aromatic heterocycles. The summed E-state index contributed by atoms with van der Waals surface area (Å²) in [5.41, 5.74) is 1.29. The van der Waals surface area contributed by atoms with E-state index in [0.29, 0.717) is 11.1 Å². The van der Waals surface area contributed by atoms with Crippen molar-refractivity contribution < 1.29 is 13.9 Å². The van der Waals surface area contributed by atoms with E-state index in [2.05, 4.69) is 0 Å². The van der Waals surface area contributed by atoms with Crippen molar-refractivity contribution in [3.63, 3.8) is 0 Å². The molecule has 0 atom stereocenters. The van der Waals surface area contributed by atoms with Crippen LogP contribution in [0, 0.1) is 12.7 Å². The van der Waals surface area contributed by atoms with E-state index < -0.39 is 11.8 Å². The summed E-state index contributed by atoms with van der Waals surface area (Å²) in [5, 5.41) is 0. The Labute approximate surface area is 93.0 Å². The van der Waals surface area contributed by atoms with Crippen molar-refractivity contribution >= 4 is 17.6 Å². The third kappa shape index (κ3) is 2.69. The summed E-state index contributed by atoms with van der Waals surface area (Å²) < 4.78 is 18.1. The molecule has 4 heteroatoms. The predicted octanol–water partition coefficient (Wildman–Crippen LogP) is 3.05. The number of ether oxygens (including phenoxy) is 1. The normalized spacial score (nSPS) is 10.1. The lowest BCUT2D eigenvalue weighted by molar-refractivity contribution is 0.0525. The lowest BCUT2D eigenvalue weighted by Gasteiger charge is -2.07. The molecule has 1 aromatic carbocycles. The Kier molecular flexibility index (Phi) is 4.09. The van der Waals surface area contributed by atoms with Crippen LogP contribution in [0.15, 0.2) is 12.1 Å². The van der Waals surface area contributed by atoms with E-state index in [1.807, 2.05) is 0 Å². The predicted molar refractivity (Wildman–Crippen MR) is 56.7 cm³/mol. The summed E-state index contributed by atoms with van der Waals surface area (Å²) in [5.74, 6) is -0.783. The fourth-order valence-electron chi connectivity index (χ4n) is 1.21. The monoisotopic (exact) mass is 230 g/mol. The standard InChI is InChI=1S/C11H12ClFO2/c1-3-15-11(14)8-4-9(6-12)7(2)10(13)5-8/h4-5H,3,6H2,1-2H3. The molecule has 0 saturated carbocycles. The molecule has 0 radical (unpaired) electrons. The third-order valence-corrected chi connectivity index (χ3v) is 2.39. The van der Waals surface area contributed by atoms with Crippen molar-refractivity contribution in [3.05, 3.63) is 34.6 Å². The third-order valence-electron chi connectivity index (χ3n) is 2.11. The summed E-state index contributed by atoms with van der Waals surface area (Å²) in [6.45, 7) is 3.59. The van der Waals surface area contributed by atoms with Gasteiger partial charge >= 0.3 is 5.97 Å². The SMILES string of the molecule is CCOC(=O)c1cc(F)c(C)c(CCl)c1. The first-order chi connectivity index (χ1) is 7.10. The highest BCUT2D eigenvalue weighted by Gasteiger charge is 2.12. The number of alkyl halides is 1. The van der Waals surface area contributed by atoms with Gasteiger partial charge in [-0.3, -0.25) is 0 Å². The molecule has 0 N–H and O–H groups in total. The molecule has 0 unspecified atom stereocenters. The first-order valence-electron chi connectivity index (χ1n) is 4.62. The van der Waals surface area contributed by atoms with Crippen molar-refractivity contribution in [2.75, 3.05) is 6.61 Å². The molecular weight excluding hydrogens is 219 g/mol. The maximum atomic E-state index is 13.4. The maximum absolute atomic E-state index is 13.4. The fourth-order valence-corrected chi connectivity index (χ4v) is 1.48. The van der Waals surface area contributed by atoms with E-state index in [1.165, 1.54) is 6.07 Å². The van der Waals surface area contributed by atoms with Crippen LogP contribution in [-0.4, -0.2) is 12.6 Å². The second-order valence-electron chi connectivity index (χ2n) is 3.10. The van der Waals surface area contributed by atoms with Crippen molar-refractivity contribution in [2.45, 2.75) is 19.7 Å². The minimum Gasteiger partial charge on any atom is -0.462 e. The Bertz CT molecular complexity index is 377. The highest BCUT2D eigenvalue weighted by Crippen LogP contribution is 2.18. The van der Waals surface area contributed by atoms with Crippen LogP contribution < -0.4 is 0 Å². The second kappa shape index (κ2) is 5.12. The van der Waals surface area contributed by atoms with E-state index in [4.69, 9.17) is 16.3 Å². The molecule has 0 aliphatic heterocycles. The molecular formula is C11H12ClFO2. The van der Waals surface area contributed by atoms with Gasteiger partial charge in [0.05, 0.1) is 12.2 Å². The van der Waals surface area contributed by atoms with Crippen LogP contribution in [0.25, 0.3) is 0 Å². The average Bonchev–Trinajstić information content (AvgIpc) is 2.22. The molecule has 0 saturated heterocycles. The molecule has 0 amide bonds. The van der Waals surface area contributed by atoms with E-state index in [1.54, 1.807) is 19.9 Å². The molecule has 0 fully saturated rings. The number of carbonyl (C=O) groups is 1. The molecule has 0 aliphatic carbocycles. The molecule has 0 spiro atoms. The zero-order valence-corrected chi connectivity index (χ0v) is 9.40. The summed E-state index contributed by atoms with van der Waals surface area (Å²) in [7, 11) is 0.